The van der Waals surface area contributed by atoms with Gasteiger partial charge in [-0.3, -0.25) is 18.9 Å². The first-order valence-corrected chi connectivity index (χ1v) is 12.5. The van der Waals surface area contributed by atoms with Crippen LogP contribution in [0.1, 0.15) is 23.8 Å². The number of carbonyl (C=O) groups excluding carboxylic acids is 1. The second-order valence-corrected chi connectivity index (χ2v) is 9.98. The van der Waals surface area contributed by atoms with Crippen LogP contribution >= 0.6 is 24.0 Å². The molecule has 10 heteroatoms. The number of hydrogen-bond donors (Lipinski definition) is 0. The van der Waals surface area contributed by atoms with Crippen molar-refractivity contribution in [2.24, 2.45) is 0 Å². The first-order chi connectivity index (χ1) is 16.5. The lowest BCUT2D eigenvalue weighted by Crippen LogP contribution is -2.47. The average molecular weight is 496 g/mol. The van der Waals surface area contributed by atoms with Gasteiger partial charge in [0.05, 0.1) is 23.3 Å². The molecule has 3 aromatic heterocycles. The summed E-state index contributed by atoms with van der Waals surface area (Å²) in [5, 5.41) is 0. The maximum Gasteiger partial charge on any atom is 0.267 e. The maximum absolute atomic E-state index is 13.6. The van der Waals surface area contributed by atoms with Gasteiger partial charge in [0, 0.05) is 32.4 Å². The van der Waals surface area contributed by atoms with E-state index in [9.17, 15) is 9.59 Å². The molecule has 2 fully saturated rings. The monoisotopic (exact) mass is 495 g/mol. The third kappa shape index (κ3) is 4.17. The summed E-state index contributed by atoms with van der Waals surface area (Å²) in [6, 6.07) is 7.35. The first kappa shape index (κ1) is 22.8. The molecule has 176 valence electrons. The Hall–Kier alpha value is -2.95. The zero-order valence-electron chi connectivity index (χ0n) is 19.1. The molecular weight excluding hydrogens is 470 g/mol. The molecule has 8 nitrogen and oxygen atoms in total. The number of piperazine rings is 1. The third-order valence-corrected chi connectivity index (χ3v) is 7.60. The third-order valence-electron chi connectivity index (χ3n) is 6.23. The van der Waals surface area contributed by atoms with E-state index < -0.39 is 0 Å². The summed E-state index contributed by atoms with van der Waals surface area (Å²) in [4.78, 5) is 38.2. The lowest BCUT2D eigenvalue weighted by molar-refractivity contribution is -0.122. The number of thioether (sulfide) groups is 1. The average Bonchev–Trinajstić information content (AvgIpc) is 3.45. The predicted octanol–water partition coefficient (Wildman–Crippen LogP) is 3.14. The van der Waals surface area contributed by atoms with Crippen molar-refractivity contribution in [3.8, 4) is 0 Å². The van der Waals surface area contributed by atoms with Crippen molar-refractivity contribution >= 4 is 51.7 Å². The van der Waals surface area contributed by atoms with Crippen molar-refractivity contribution in [1.82, 2.24) is 19.2 Å². The SMILES string of the molecule is CCN1CCN(c2nc3c(C)cccn3c(=O)c2/C=C2\SC(=S)N(Cc3ccco3)C2=O)CC1. The normalized spacial score (nSPS) is 18.6. The van der Waals surface area contributed by atoms with Gasteiger partial charge in [-0.25, -0.2) is 4.98 Å². The molecule has 2 aliphatic heterocycles. The van der Waals surface area contributed by atoms with E-state index in [2.05, 4.69) is 16.7 Å². The van der Waals surface area contributed by atoms with Gasteiger partial charge in [-0.15, -0.1) is 0 Å². The minimum absolute atomic E-state index is 0.196. The highest BCUT2D eigenvalue weighted by Crippen LogP contribution is 2.34. The van der Waals surface area contributed by atoms with E-state index in [1.165, 1.54) is 16.7 Å². The number of anilines is 1. The van der Waals surface area contributed by atoms with Gasteiger partial charge in [0.15, 0.2) is 0 Å². The smallest absolute Gasteiger partial charge is 0.267 e. The van der Waals surface area contributed by atoms with Crippen LogP contribution in [0.5, 0.6) is 0 Å². The Morgan fingerprint density at radius 3 is 2.68 bits per heavy atom. The van der Waals surface area contributed by atoms with Gasteiger partial charge >= 0.3 is 0 Å². The zero-order valence-corrected chi connectivity index (χ0v) is 20.7. The molecule has 0 aromatic carbocycles. The Kier molecular flexibility index (Phi) is 6.28. The number of aromatic nitrogens is 2. The molecule has 0 atom stereocenters. The second-order valence-electron chi connectivity index (χ2n) is 8.31. The Labute approximate surface area is 206 Å². The lowest BCUT2D eigenvalue weighted by Gasteiger charge is -2.35. The highest BCUT2D eigenvalue weighted by molar-refractivity contribution is 8.26. The number of likely N-dealkylation sites (N-methyl/N-ethyl adjacent to an activating group) is 1. The van der Waals surface area contributed by atoms with Crippen LogP contribution in [-0.2, 0) is 11.3 Å². The van der Waals surface area contributed by atoms with Crippen molar-refractivity contribution in [3.63, 3.8) is 0 Å². The van der Waals surface area contributed by atoms with Crippen LogP contribution in [0.25, 0.3) is 11.7 Å². The van der Waals surface area contributed by atoms with Crippen molar-refractivity contribution in [2.45, 2.75) is 20.4 Å². The summed E-state index contributed by atoms with van der Waals surface area (Å²) >= 11 is 6.67. The zero-order chi connectivity index (χ0) is 23.8. The number of pyridine rings is 1. The molecule has 0 radical (unpaired) electrons. The second kappa shape index (κ2) is 9.36. The van der Waals surface area contributed by atoms with Gasteiger partial charge < -0.3 is 14.2 Å². The number of thiocarbonyl (C=S) groups is 1. The van der Waals surface area contributed by atoms with E-state index in [4.69, 9.17) is 21.6 Å². The minimum atomic E-state index is -0.234. The van der Waals surface area contributed by atoms with Crippen molar-refractivity contribution < 1.29 is 9.21 Å². The quantitative estimate of drug-likeness (QED) is 0.395. The van der Waals surface area contributed by atoms with Crippen LogP contribution in [0.2, 0.25) is 0 Å². The predicted molar refractivity (Wildman–Crippen MR) is 138 cm³/mol. The number of carbonyl (C=O) groups is 1. The van der Waals surface area contributed by atoms with Crippen LogP contribution in [0.15, 0.2) is 50.8 Å². The van der Waals surface area contributed by atoms with Gasteiger partial charge in [-0.1, -0.05) is 37.0 Å². The molecule has 0 aliphatic carbocycles. The van der Waals surface area contributed by atoms with Crippen molar-refractivity contribution in [2.75, 3.05) is 37.6 Å². The van der Waals surface area contributed by atoms with E-state index >= 15 is 0 Å². The summed E-state index contributed by atoms with van der Waals surface area (Å²) in [6.45, 7) is 8.67. The summed E-state index contributed by atoms with van der Waals surface area (Å²) in [5.41, 5.74) is 1.76. The fraction of sp³-hybridized carbons (Fsp3) is 0.333. The van der Waals surface area contributed by atoms with Crippen LogP contribution in [0.4, 0.5) is 5.82 Å². The standard InChI is InChI=1S/C24H25N5O3S2/c1-3-26-9-11-27(12-10-26)21-18(22(30)28-8-4-6-16(2)20(28)25-21)14-19-23(31)29(24(33)34-19)15-17-7-5-13-32-17/h4-8,13-14H,3,9-12,15H2,1-2H3/b19-14-. The van der Waals surface area contributed by atoms with E-state index in [0.29, 0.717) is 32.0 Å². The number of fused-ring (bicyclic) bond motifs is 1. The number of furan rings is 1. The Morgan fingerprint density at radius 2 is 1.97 bits per heavy atom. The van der Waals surface area contributed by atoms with Crippen LogP contribution in [0, 0.1) is 6.92 Å². The minimum Gasteiger partial charge on any atom is -0.467 e. The van der Waals surface area contributed by atoms with E-state index in [0.717, 1.165) is 38.3 Å². The Balaban J connectivity index is 1.57. The maximum atomic E-state index is 13.6. The molecular formula is C24H25N5O3S2. The highest BCUT2D eigenvalue weighted by Gasteiger charge is 2.33. The van der Waals surface area contributed by atoms with Crippen molar-refractivity contribution in [1.29, 1.82) is 0 Å². The summed E-state index contributed by atoms with van der Waals surface area (Å²) in [5.74, 6) is 1.03. The summed E-state index contributed by atoms with van der Waals surface area (Å²) in [7, 11) is 0. The van der Waals surface area contributed by atoms with Crippen molar-refractivity contribution in [3.05, 3.63) is 68.9 Å². The summed E-state index contributed by atoms with van der Waals surface area (Å²) in [6.07, 6.45) is 4.94. The molecule has 2 saturated heterocycles. The first-order valence-electron chi connectivity index (χ1n) is 11.2. The largest absolute Gasteiger partial charge is 0.467 e. The lowest BCUT2D eigenvalue weighted by atomic mass is 10.2. The van der Waals surface area contributed by atoms with Crippen LogP contribution in [-0.4, -0.2) is 62.1 Å². The molecule has 0 bridgehead atoms. The molecule has 1 amide bonds. The molecule has 0 N–H and O–H groups in total. The fourth-order valence-electron chi connectivity index (χ4n) is 4.27. The van der Waals surface area contributed by atoms with Gasteiger partial charge in [-0.2, -0.15) is 0 Å². The number of aryl methyl sites for hydroxylation is 1. The molecule has 34 heavy (non-hydrogen) atoms. The van der Waals surface area contributed by atoms with Crippen LogP contribution in [0.3, 0.4) is 0 Å². The van der Waals surface area contributed by atoms with Gasteiger partial charge in [0.2, 0.25) is 0 Å². The van der Waals surface area contributed by atoms with E-state index in [1.54, 1.807) is 35.1 Å². The molecule has 0 spiro atoms. The Bertz CT molecular complexity index is 1340. The van der Waals surface area contributed by atoms with E-state index in [-0.39, 0.29) is 18.0 Å². The number of rotatable bonds is 5. The fourth-order valence-corrected chi connectivity index (χ4v) is 5.51. The molecule has 0 saturated carbocycles. The molecule has 0 unspecified atom stereocenters. The van der Waals surface area contributed by atoms with Crippen LogP contribution < -0.4 is 10.5 Å². The van der Waals surface area contributed by atoms with Gasteiger partial charge in [-0.05, 0) is 43.3 Å². The summed E-state index contributed by atoms with van der Waals surface area (Å²) < 4.78 is 7.38. The molecule has 5 rings (SSSR count). The Morgan fingerprint density at radius 1 is 1.18 bits per heavy atom. The van der Waals surface area contributed by atoms with E-state index in [1.807, 2.05) is 19.1 Å². The highest BCUT2D eigenvalue weighted by atomic mass is 32.2. The topological polar surface area (TPSA) is 74.3 Å². The molecule has 3 aromatic rings. The van der Waals surface area contributed by atoms with Gasteiger partial charge in [0.1, 0.15) is 21.5 Å². The van der Waals surface area contributed by atoms with Gasteiger partial charge in [0.25, 0.3) is 11.5 Å². The molecule has 5 heterocycles. The number of hydrogen-bond acceptors (Lipinski definition) is 8. The number of nitrogens with zero attached hydrogens (tertiary/aromatic N) is 5. The number of amides is 1. The molecule has 2 aliphatic rings.